The van der Waals surface area contributed by atoms with Gasteiger partial charge in [-0.2, -0.15) is 0 Å². The van der Waals surface area contributed by atoms with Gasteiger partial charge in [-0.25, -0.2) is 9.59 Å². The zero-order chi connectivity index (χ0) is 21.6. The van der Waals surface area contributed by atoms with Crippen molar-refractivity contribution in [3.8, 4) is 11.1 Å². The summed E-state index contributed by atoms with van der Waals surface area (Å²) in [5, 5.41) is 0.492. The maximum atomic E-state index is 12.9. The highest BCUT2D eigenvalue weighted by molar-refractivity contribution is 6.44. The fourth-order valence-corrected chi connectivity index (χ4v) is 3.29. The Morgan fingerprint density at radius 3 is 2.34 bits per heavy atom. The van der Waals surface area contributed by atoms with Gasteiger partial charge in [0, 0.05) is 11.1 Å². The molecule has 0 aliphatic carbocycles. The third-order valence-corrected chi connectivity index (χ3v) is 5.11. The highest BCUT2D eigenvalue weighted by atomic mass is 35.5. The van der Waals surface area contributed by atoms with Gasteiger partial charge in [-0.1, -0.05) is 48.7 Å². The molecule has 0 atom stereocenters. The fourth-order valence-electron chi connectivity index (χ4n) is 2.89. The van der Waals surface area contributed by atoms with Crippen molar-refractivity contribution in [2.75, 3.05) is 20.5 Å². The second-order valence-corrected chi connectivity index (χ2v) is 7.10. The summed E-state index contributed by atoms with van der Waals surface area (Å²) in [6, 6.07) is 4.97. The number of carbonyl (C=O) groups is 2. The van der Waals surface area contributed by atoms with Crippen LogP contribution in [0.25, 0.3) is 11.1 Å². The average Bonchev–Trinajstić information content (AvgIpc) is 2.68. The number of halogens is 2. The number of methoxy groups -OCH3 is 1. The smallest absolute Gasteiger partial charge is 0.342 e. The first kappa shape index (κ1) is 23.1. The number of pyridine rings is 1. The van der Waals surface area contributed by atoms with E-state index in [0.717, 1.165) is 12.8 Å². The molecule has 2 rings (SSSR count). The molecule has 0 amide bonds. The summed E-state index contributed by atoms with van der Waals surface area (Å²) in [5.74, 6) is -1.32. The van der Waals surface area contributed by atoms with Crippen LogP contribution in [0.2, 0.25) is 10.0 Å². The van der Waals surface area contributed by atoms with Crippen LogP contribution in [0, 0.1) is 13.8 Å². The second-order valence-electron chi connectivity index (χ2n) is 6.31. The van der Waals surface area contributed by atoms with E-state index in [2.05, 4.69) is 4.98 Å². The van der Waals surface area contributed by atoms with Gasteiger partial charge in [0.15, 0.2) is 6.79 Å². The summed E-state index contributed by atoms with van der Waals surface area (Å²) in [5.41, 5.74) is 1.70. The van der Waals surface area contributed by atoms with Crippen molar-refractivity contribution < 1.29 is 23.8 Å². The van der Waals surface area contributed by atoms with Gasteiger partial charge in [-0.05, 0) is 26.3 Å². The monoisotopic (exact) mass is 439 g/mol. The molecular formula is C21H23Cl2NO5. The van der Waals surface area contributed by atoms with Crippen LogP contribution in [0.1, 0.15) is 51.9 Å². The number of hydrogen-bond acceptors (Lipinski definition) is 6. The predicted octanol–water partition coefficient (Wildman–Crippen LogP) is 5.39. The van der Waals surface area contributed by atoms with Gasteiger partial charge in [0.2, 0.25) is 0 Å². The quantitative estimate of drug-likeness (QED) is 0.311. The number of rotatable bonds is 8. The van der Waals surface area contributed by atoms with Crippen molar-refractivity contribution >= 4 is 35.1 Å². The van der Waals surface area contributed by atoms with E-state index in [4.69, 9.17) is 37.4 Å². The van der Waals surface area contributed by atoms with Crippen LogP contribution >= 0.6 is 23.2 Å². The first-order valence-electron chi connectivity index (χ1n) is 9.12. The molecule has 0 spiro atoms. The summed E-state index contributed by atoms with van der Waals surface area (Å²) in [6.45, 7) is 5.62. The number of hydrogen-bond donors (Lipinski definition) is 0. The average molecular weight is 440 g/mol. The van der Waals surface area contributed by atoms with Crippen molar-refractivity contribution in [2.45, 2.75) is 33.6 Å². The highest BCUT2D eigenvalue weighted by Gasteiger charge is 2.29. The molecule has 0 aliphatic heterocycles. The van der Waals surface area contributed by atoms with Gasteiger partial charge in [-0.3, -0.25) is 4.98 Å². The molecule has 1 aromatic carbocycles. The van der Waals surface area contributed by atoms with Crippen molar-refractivity contribution in [3.63, 3.8) is 0 Å². The van der Waals surface area contributed by atoms with E-state index in [9.17, 15) is 9.59 Å². The molecular weight excluding hydrogens is 417 g/mol. The lowest BCUT2D eigenvalue weighted by Crippen LogP contribution is -2.18. The Balaban J connectivity index is 2.62. The first-order valence-corrected chi connectivity index (χ1v) is 9.87. The Morgan fingerprint density at radius 2 is 1.72 bits per heavy atom. The second kappa shape index (κ2) is 10.6. The zero-order valence-electron chi connectivity index (χ0n) is 16.8. The van der Waals surface area contributed by atoms with Crippen LogP contribution in [0.15, 0.2) is 18.2 Å². The SMILES string of the molecule is CCCCOCOC(=O)c1c(C)nc(C)c(C(=O)OC)c1-c1cccc(Cl)c1Cl. The Bertz CT molecular complexity index is 914. The van der Waals surface area contributed by atoms with E-state index in [1.54, 1.807) is 32.0 Å². The van der Waals surface area contributed by atoms with Crippen LogP contribution in [0.4, 0.5) is 0 Å². The lowest BCUT2D eigenvalue weighted by atomic mass is 9.92. The van der Waals surface area contributed by atoms with Crippen LogP contribution in [0.3, 0.4) is 0 Å². The van der Waals surface area contributed by atoms with Crippen LogP contribution < -0.4 is 0 Å². The predicted molar refractivity (Wildman–Crippen MR) is 112 cm³/mol. The Labute approximate surface area is 180 Å². The number of benzene rings is 1. The Morgan fingerprint density at radius 1 is 1.07 bits per heavy atom. The summed E-state index contributed by atoms with van der Waals surface area (Å²) in [7, 11) is 1.25. The minimum Gasteiger partial charge on any atom is -0.465 e. The lowest BCUT2D eigenvalue weighted by Gasteiger charge is -2.18. The van der Waals surface area contributed by atoms with Gasteiger partial charge in [0.05, 0.1) is 46.3 Å². The molecule has 0 saturated heterocycles. The van der Waals surface area contributed by atoms with E-state index >= 15 is 0 Å². The summed E-state index contributed by atoms with van der Waals surface area (Å²) >= 11 is 12.6. The normalized spacial score (nSPS) is 10.7. The van der Waals surface area contributed by atoms with Gasteiger partial charge >= 0.3 is 11.9 Å². The summed E-state index contributed by atoms with van der Waals surface area (Å²) in [6.07, 6.45) is 1.83. The molecule has 6 nitrogen and oxygen atoms in total. The standard InChI is InChI=1S/C21H23Cl2NO5/c1-5-6-10-28-11-29-21(26)17-13(3)24-12(2)16(20(25)27-4)18(17)14-8-7-9-15(22)19(14)23/h7-9H,5-6,10-11H2,1-4H3. The third-order valence-electron chi connectivity index (χ3n) is 4.29. The van der Waals surface area contributed by atoms with Gasteiger partial charge < -0.3 is 14.2 Å². The number of unbranched alkanes of at least 4 members (excludes halogenated alkanes) is 1. The highest BCUT2D eigenvalue weighted by Crippen LogP contribution is 2.39. The number of carbonyl (C=O) groups excluding carboxylic acids is 2. The molecule has 29 heavy (non-hydrogen) atoms. The molecule has 0 saturated carbocycles. The molecule has 0 fully saturated rings. The molecule has 8 heteroatoms. The summed E-state index contributed by atoms with van der Waals surface area (Å²) < 4.78 is 15.5. The largest absolute Gasteiger partial charge is 0.465 e. The van der Waals surface area contributed by atoms with E-state index in [1.807, 2.05) is 6.92 Å². The minimum atomic E-state index is -0.678. The number of esters is 2. The molecule has 1 heterocycles. The molecule has 156 valence electrons. The minimum absolute atomic E-state index is 0.110. The van der Waals surface area contributed by atoms with Crippen LogP contribution in [-0.4, -0.2) is 37.4 Å². The molecule has 0 N–H and O–H groups in total. The fraction of sp³-hybridized carbons (Fsp3) is 0.381. The molecule has 2 aromatic rings. The summed E-state index contributed by atoms with van der Waals surface area (Å²) in [4.78, 5) is 29.8. The number of nitrogens with zero attached hydrogens (tertiary/aromatic N) is 1. The molecule has 1 aromatic heterocycles. The van der Waals surface area contributed by atoms with Crippen molar-refractivity contribution in [1.29, 1.82) is 0 Å². The van der Waals surface area contributed by atoms with Crippen molar-refractivity contribution in [3.05, 3.63) is 50.8 Å². The number of aromatic nitrogens is 1. The molecule has 0 radical (unpaired) electrons. The number of ether oxygens (including phenoxy) is 3. The number of aryl methyl sites for hydroxylation is 2. The maximum absolute atomic E-state index is 12.9. The van der Waals surface area contributed by atoms with E-state index in [1.165, 1.54) is 7.11 Å². The molecule has 0 aliphatic rings. The van der Waals surface area contributed by atoms with Crippen molar-refractivity contribution in [1.82, 2.24) is 4.98 Å². The van der Waals surface area contributed by atoms with Crippen LogP contribution in [0.5, 0.6) is 0 Å². The third kappa shape index (κ3) is 5.26. The molecule has 0 unspecified atom stereocenters. The lowest BCUT2D eigenvalue weighted by molar-refractivity contribution is -0.0320. The zero-order valence-corrected chi connectivity index (χ0v) is 18.3. The first-order chi connectivity index (χ1) is 13.8. The maximum Gasteiger partial charge on any atom is 0.342 e. The Hall–Kier alpha value is -2.15. The topological polar surface area (TPSA) is 74.7 Å². The Kier molecular flexibility index (Phi) is 8.44. The van der Waals surface area contributed by atoms with Gasteiger partial charge in [-0.15, -0.1) is 0 Å². The molecule has 0 bridgehead atoms. The van der Waals surface area contributed by atoms with Crippen molar-refractivity contribution in [2.24, 2.45) is 0 Å². The van der Waals surface area contributed by atoms with Gasteiger partial charge in [0.25, 0.3) is 0 Å². The van der Waals surface area contributed by atoms with Crippen LogP contribution in [-0.2, 0) is 14.2 Å². The van der Waals surface area contributed by atoms with E-state index in [0.29, 0.717) is 23.6 Å². The van der Waals surface area contributed by atoms with E-state index in [-0.39, 0.29) is 33.5 Å². The van der Waals surface area contributed by atoms with E-state index < -0.39 is 11.9 Å². The van der Waals surface area contributed by atoms with Gasteiger partial charge in [0.1, 0.15) is 0 Å².